The van der Waals surface area contributed by atoms with Crippen LogP contribution in [0.1, 0.15) is 28.8 Å². The van der Waals surface area contributed by atoms with E-state index < -0.39 is 10.8 Å². The Morgan fingerprint density at radius 1 is 1.12 bits per heavy atom. The van der Waals surface area contributed by atoms with Crippen molar-refractivity contribution in [3.05, 3.63) is 63.7 Å². The number of nitrogens with one attached hydrogen (secondary N) is 1. The third-order valence-corrected chi connectivity index (χ3v) is 4.11. The van der Waals surface area contributed by atoms with Gasteiger partial charge in [-0.2, -0.15) is 0 Å². The molecule has 0 unspecified atom stereocenters. The second-order valence-electron chi connectivity index (χ2n) is 5.85. The summed E-state index contributed by atoms with van der Waals surface area (Å²) in [5.74, 6) is -1.12. The van der Waals surface area contributed by atoms with Gasteiger partial charge in [0.15, 0.2) is 0 Å². The molecule has 3 amide bonds. The zero-order valence-electron chi connectivity index (χ0n) is 13.9. The van der Waals surface area contributed by atoms with Gasteiger partial charge >= 0.3 is 0 Å². The van der Waals surface area contributed by atoms with Crippen molar-refractivity contribution in [2.75, 3.05) is 10.2 Å². The molecule has 26 heavy (non-hydrogen) atoms. The number of nitro groups is 1. The molecule has 1 N–H and O–H groups in total. The highest BCUT2D eigenvalue weighted by molar-refractivity contribution is 6.22. The molecule has 0 spiro atoms. The number of benzene rings is 2. The summed E-state index contributed by atoms with van der Waals surface area (Å²) in [4.78, 5) is 47.9. The molecule has 1 fully saturated rings. The number of hydrogen-bond acceptors (Lipinski definition) is 5. The maximum Gasteiger partial charge on any atom is 0.269 e. The minimum absolute atomic E-state index is 0.104. The summed E-state index contributed by atoms with van der Waals surface area (Å²) in [6, 6.07) is 10.5. The quantitative estimate of drug-likeness (QED) is 0.516. The highest BCUT2D eigenvalue weighted by Gasteiger charge is 2.32. The lowest BCUT2D eigenvalue weighted by Crippen LogP contribution is -2.29. The van der Waals surface area contributed by atoms with Crippen LogP contribution in [0.5, 0.6) is 0 Å². The maximum absolute atomic E-state index is 12.6. The van der Waals surface area contributed by atoms with Crippen LogP contribution in [0.3, 0.4) is 0 Å². The number of hydrogen-bond donors (Lipinski definition) is 1. The Balaban J connectivity index is 1.90. The lowest BCUT2D eigenvalue weighted by Gasteiger charge is -2.18. The van der Waals surface area contributed by atoms with Gasteiger partial charge in [0.2, 0.25) is 11.8 Å². The predicted octanol–water partition coefficient (Wildman–Crippen LogP) is 2.81. The molecule has 8 nitrogen and oxygen atoms in total. The van der Waals surface area contributed by atoms with Gasteiger partial charge in [0.25, 0.3) is 11.6 Å². The van der Waals surface area contributed by atoms with Crippen molar-refractivity contribution in [3.8, 4) is 0 Å². The molecule has 0 atom stereocenters. The van der Waals surface area contributed by atoms with Gasteiger partial charge in [0, 0.05) is 30.5 Å². The van der Waals surface area contributed by atoms with Crippen molar-refractivity contribution in [2.45, 2.75) is 19.8 Å². The fourth-order valence-electron chi connectivity index (χ4n) is 2.83. The van der Waals surface area contributed by atoms with Crippen LogP contribution < -0.4 is 10.2 Å². The van der Waals surface area contributed by atoms with E-state index in [1.165, 1.54) is 18.2 Å². The molecule has 2 aromatic rings. The van der Waals surface area contributed by atoms with E-state index in [0.717, 1.165) is 4.90 Å². The molecule has 0 aromatic heterocycles. The maximum atomic E-state index is 12.6. The molecule has 3 rings (SSSR count). The summed E-state index contributed by atoms with van der Waals surface area (Å²) < 4.78 is 0. The average Bonchev–Trinajstić information content (AvgIpc) is 2.93. The van der Waals surface area contributed by atoms with Crippen LogP contribution in [0.4, 0.5) is 17.1 Å². The summed E-state index contributed by atoms with van der Waals surface area (Å²) >= 11 is 0. The van der Waals surface area contributed by atoms with Crippen LogP contribution in [0, 0.1) is 17.0 Å². The number of nitrogens with zero attached hydrogens (tertiary/aromatic N) is 2. The Morgan fingerprint density at radius 2 is 1.77 bits per heavy atom. The average molecular weight is 353 g/mol. The number of carbonyl (C=O) groups is 3. The van der Waals surface area contributed by atoms with Gasteiger partial charge in [0.1, 0.15) is 0 Å². The monoisotopic (exact) mass is 353 g/mol. The molecule has 1 heterocycles. The lowest BCUT2D eigenvalue weighted by molar-refractivity contribution is -0.384. The molecule has 0 radical (unpaired) electrons. The first-order valence-electron chi connectivity index (χ1n) is 7.89. The van der Waals surface area contributed by atoms with E-state index in [1.807, 2.05) is 0 Å². The second kappa shape index (κ2) is 6.75. The SMILES string of the molecule is Cc1cc([N+](=O)[O-])ccc1C(=O)Nc1ccccc1N1C(=O)CCC1=O. The zero-order valence-corrected chi connectivity index (χ0v) is 13.9. The van der Waals surface area contributed by atoms with Crippen LogP contribution in [0.15, 0.2) is 42.5 Å². The third kappa shape index (κ3) is 3.16. The van der Waals surface area contributed by atoms with Crippen LogP contribution in [-0.2, 0) is 9.59 Å². The van der Waals surface area contributed by atoms with E-state index in [0.29, 0.717) is 16.9 Å². The van der Waals surface area contributed by atoms with E-state index >= 15 is 0 Å². The van der Waals surface area contributed by atoms with Crippen molar-refractivity contribution in [3.63, 3.8) is 0 Å². The second-order valence-corrected chi connectivity index (χ2v) is 5.85. The van der Waals surface area contributed by atoms with Crippen molar-refractivity contribution in [2.24, 2.45) is 0 Å². The summed E-state index contributed by atoms with van der Waals surface area (Å²) in [5, 5.41) is 13.5. The lowest BCUT2D eigenvalue weighted by atomic mass is 10.1. The van der Waals surface area contributed by atoms with Gasteiger partial charge in [-0.3, -0.25) is 24.5 Å². The smallest absolute Gasteiger partial charge is 0.269 e. The zero-order chi connectivity index (χ0) is 18.8. The first-order valence-corrected chi connectivity index (χ1v) is 7.89. The summed E-state index contributed by atoms with van der Waals surface area (Å²) in [7, 11) is 0. The molecule has 1 aliphatic rings. The number of anilines is 2. The fraction of sp³-hybridized carbons (Fsp3) is 0.167. The molecule has 0 bridgehead atoms. The van der Waals surface area contributed by atoms with Crippen molar-refractivity contribution >= 4 is 34.8 Å². The largest absolute Gasteiger partial charge is 0.320 e. The Hall–Kier alpha value is -3.55. The summed E-state index contributed by atoms with van der Waals surface area (Å²) in [5.41, 5.74) is 1.24. The van der Waals surface area contributed by atoms with Crippen LogP contribution in [-0.4, -0.2) is 22.6 Å². The molecule has 132 valence electrons. The van der Waals surface area contributed by atoms with E-state index in [4.69, 9.17) is 0 Å². The van der Waals surface area contributed by atoms with Crippen LogP contribution >= 0.6 is 0 Å². The predicted molar refractivity (Wildman–Crippen MR) is 94.0 cm³/mol. The minimum atomic E-state index is -0.533. The Bertz CT molecular complexity index is 922. The van der Waals surface area contributed by atoms with Gasteiger partial charge in [-0.1, -0.05) is 12.1 Å². The summed E-state index contributed by atoms with van der Waals surface area (Å²) in [6.45, 7) is 1.60. The Morgan fingerprint density at radius 3 is 2.38 bits per heavy atom. The minimum Gasteiger partial charge on any atom is -0.320 e. The Labute approximate surface area is 148 Å². The number of rotatable bonds is 4. The highest BCUT2D eigenvalue weighted by Crippen LogP contribution is 2.30. The first-order chi connectivity index (χ1) is 12.4. The third-order valence-electron chi connectivity index (χ3n) is 4.11. The number of aryl methyl sites for hydroxylation is 1. The van der Waals surface area contributed by atoms with E-state index in [9.17, 15) is 24.5 Å². The normalized spacial score (nSPS) is 13.8. The number of carbonyl (C=O) groups excluding carboxylic acids is 3. The topological polar surface area (TPSA) is 110 Å². The molecule has 1 saturated heterocycles. The van der Waals surface area contributed by atoms with Crippen molar-refractivity contribution in [1.82, 2.24) is 0 Å². The molecule has 0 aliphatic carbocycles. The molecule has 8 heteroatoms. The number of non-ortho nitro benzene ring substituents is 1. The van der Waals surface area contributed by atoms with Crippen molar-refractivity contribution < 1.29 is 19.3 Å². The van der Waals surface area contributed by atoms with Crippen LogP contribution in [0.25, 0.3) is 0 Å². The number of para-hydroxylation sites is 2. The van der Waals surface area contributed by atoms with E-state index in [-0.39, 0.29) is 35.9 Å². The molecule has 0 saturated carbocycles. The standard InChI is InChI=1S/C18H15N3O5/c1-11-10-12(21(25)26)6-7-13(11)18(24)19-14-4-2-3-5-15(14)20-16(22)8-9-17(20)23/h2-7,10H,8-9H2,1H3,(H,19,24). The Kier molecular flexibility index (Phi) is 4.49. The van der Waals surface area contributed by atoms with Crippen molar-refractivity contribution in [1.29, 1.82) is 0 Å². The number of amides is 3. The van der Waals surface area contributed by atoms with Gasteiger partial charge in [-0.15, -0.1) is 0 Å². The molecule has 1 aliphatic heterocycles. The van der Waals surface area contributed by atoms with E-state index in [1.54, 1.807) is 31.2 Å². The molecular formula is C18H15N3O5. The van der Waals surface area contributed by atoms with Gasteiger partial charge < -0.3 is 5.32 Å². The van der Waals surface area contributed by atoms with Gasteiger partial charge in [0.05, 0.1) is 16.3 Å². The first kappa shape index (κ1) is 17.3. The number of imide groups is 1. The number of nitro benzene ring substituents is 1. The molecular weight excluding hydrogens is 338 g/mol. The van der Waals surface area contributed by atoms with Crippen LogP contribution in [0.2, 0.25) is 0 Å². The van der Waals surface area contributed by atoms with Gasteiger partial charge in [-0.05, 0) is 30.7 Å². The molecule has 2 aromatic carbocycles. The highest BCUT2D eigenvalue weighted by atomic mass is 16.6. The van der Waals surface area contributed by atoms with E-state index in [2.05, 4.69) is 5.32 Å². The summed E-state index contributed by atoms with van der Waals surface area (Å²) in [6.07, 6.45) is 0.283. The fourth-order valence-corrected chi connectivity index (χ4v) is 2.83. The van der Waals surface area contributed by atoms with Gasteiger partial charge in [-0.25, -0.2) is 4.90 Å².